The van der Waals surface area contributed by atoms with Gasteiger partial charge in [0.15, 0.2) is 0 Å². The van der Waals surface area contributed by atoms with E-state index < -0.39 is 6.04 Å². The minimum Gasteiger partial charge on any atom is -0.497 e. The largest absolute Gasteiger partial charge is 0.497 e. The van der Waals surface area contributed by atoms with Gasteiger partial charge in [-0.05, 0) is 36.8 Å². The van der Waals surface area contributed by atoms with E-state index in [1.807, 2.05) is 42.5 Å². The Hall–Kier alpha value is -3.79. The summed E-state index contributed by atoms with van der Waals surface area (Å²) in [6.07, 6.45) is 4.19. The summed E-state index contributed by atoms with van der Waals surface area (Å²) in [6, 6.07) is 12.6. The molecule has 1 aliphatic rings. The van der Waals surface area contributed by atoms with Gasteiger partial charge in [0.25, 0.3) is 0 Å². The molecule has 0 aliphatic carbocycles. The van der Waals surface area contributed by atoms with Gasteiger partial charge < -0.3 is 19.3 Å². The van der Waals surface area contributed by atoms with Gasteiger partial charge in [0.05, 0.1) is 38.6 Å². The van der Waals surface area contributed by atoms with Crippen molar-refractivity contribution in [2.45, 2.75) is 32.2 Å². The van der Waals surface area contributed by atoms with Crippen LogP contribution in [0.25, 0.3) is 0 Å². The molecule has 1 aromatic carbocycles. The molecule has 0 spiro atoms. The number of benzene rings is 1. The van der Waals surface area contributed by atoms with Crippen LogP contribution in [0, 0.1) is 0 Å². The van der Waals surface area contributed by atoms with E-state index >= 15 is 0 Å². The van der Waals surface area contributed by atoms with E-state index in [0.717, 1.165) is 17.0 Å². The minimum atomic E-state index is -0.586. The van der Waals surface area contributed by atoms with Crippen LogP contribution in [0.4, 0.5) is 0 Å². The van der Waals surface area contributed by atoms with Crippen molar-refractivity contribution in [2.24, 2.45) is 0 Å². The lowest BCUT2D eigenvalue weighted by Gasteiger charge is -2.26. The lowest BCUT2D eigenvalue weighted by atomic mass is 10.2. The fourth-order valence-electron chi connectivity index (χ4n) is 3.86. The zero-order valence-corrected chi connectivity index (χ0v) is 19.3. The molecule has 10 heteroatoms. The number of methoxy groups -OCH3 is 1. The van der Waals surface area contributed by atoms with Crippen LogP contribution in [0.2, 0.25) is 0 Å². The maximum Gasteiger partial charge on any atom is 0.247 e. The van der Waals surface area contributed by atoms with Crippen molar-refractivity contribution in [3.63, 3.8) is 0 Å². The lowest BCUT2D eigenvalue weighted by molar-refractivity contribution is -0.141. The molecule has 0 bridgehead atoms. The SMILES string of the molecule is COc1cccc(COC2CN(Cc3ccccn3)C(=O)CN(C(=O)C(C)n3cncn3)C2)c1. The molecule has 2 aromatic heterocycles. The van der Waals surface area contributed by atoms with Gasteiger partial charge in [-0.2, -0.15) is 5.10 Å². The lowest BCUT2D eigenvalue weighted by Crippen LogP contribution is -2.43. The van der Waals surface area contributed by atoms with Crippen LogP contribution in [0.3, 0.4) is 0 Å². The van der Waals surface area contributed by atoms with Gasteiger partial charge in [-0.15, -0.1) is 0 Å². The Bertz CT molecular complexity index is 1090. The van der Waals surface area contributed by atoms with E-state index in [-0.39, 0.29) is 31.0 Å². The first-order valence-electron chi connectivity index (χ1n) is 11.1. The molecule has 34 heavy (non-hydrogen) atoms. The molecule has 3 aromatic rings. The first kappa shape index (κ1) is 23.4. The summed E-state index contributed by atoms with van der Waals surface area (Å²) in [6.45, 7) is 3.01. The summed E-state index contributed by atoms with van der Waals surface area (Å²) < 4.78 is 13.0. The fraction of sp³-hybridized carbons (Fsp3) is 0.375. The van der Waals surface area contributed by atoms with Crippen molar-refractivity contribution in [3.05, 3.63) is 72.6 Å². The van der Waals surface area contributed by atoms with Gasteiger partial charge in [-0.1, -0.05) is 18.2 Å². The van der Waals surface area contributed by atoms with Crippen molar-refractivity contribution in [1.82, 2.24) is 29.5 Å². The highest BCUT2D eigenvalue weighted by atomic mass is 16.5. The monoisotopic (exact) mass is 464 g/mol. The molecule has 2 atom stereocenters. The maximum absolute atomic E-state index is 13.2. The zero-order valence-electron chi connectivity index (χ0n) is 19.3. The minimum absolute atomic E-state index is 0.0380. The Morgan fingerprint density at radius 3 is 2.82 bits per heavy atom. The second-order valence-electron chi connectivity index (χ2n) is 8.15. The molecule has 178 valence electrons. The van der Waals surface area contributed by atoms with Crippen LogP contribution in [-0.2, 0) is 27.5 Å². The van der Waals surface area contributed by atoms with Gasteiger partial charge in [0, 0.05) is 19.3 Å². The predicted octanol–water partition coefficient (Wildman–Crippen LogP) is 1.70. The van der Waals surface area contributed by atoms with Crippen molar-refractivity contribution in [3.8, 4) is 5.75 Å². The topological polar surface area (TPSA) is 103 Å². The highest BCUT2D eigenvalue weighted by molar-refractivity contribution is 5.87. The molecule has 2 amide bonds. The Balaban J connectivity index is 1.52. The Morgan fingerprint density at radius 1 is 1.21 bits per heavy atom. The highest BCUT2D eigenvalue weighted by Gasteiger charge is 2.33. The van der Waals surface area contributed by atoms with Crippen molar-refractivity contribution >= 4 is 11.8 Å². The molecule has 1 saturated heterocycles. The Morgan fingerprint density at radius 2 is 2.09 bits per heavy atom. The van der Waals surface area contributed by atoms with Gasteiger partial charge in [-0.3, -0.25) is 14.6 Å². The third kappa shape index (κ3) is 5.76. The Labute approximate surface area is 198 Å². The quantitative estimate of drug-likeness (QED) is 0.500. The summed E-state index contributed by atoms with van der Waals surface area (Å²) in [4.78, 5) is 37.9. The molecule has 0 N–H and O–H groups in total. The van der Waals surface area contributed by atoms with Gasteiger partial charge in [0.1, 0.15) is 24.4 Å². The number of amides is 2. The van der Waals surface area contributed by atoms with Crippen LogP contribution < -0.4 is 4.74 Å². The molecule has 0 radical (unpaired) electrons. The number of aromatic nitrogens is 4. The first-order valence-corrected chi connectivity index (χ1v) is 11.1. The molecule has 10 nitrogen and oxygen atoms in total. The summed E-state index contributed by atoms with van der Waals surface area (Å²) in [5, 5.41) is 4.07. The van der Waals surface area contributed by atoms with E-state index in [0.29, 0.717) is 19.7 Å². The van der Waals surface area contributed by atoms with Gasteiger partial charge >= 0.3 is 0 Å². The molecular weight excluding hydrogens is 436 g/mol. The van der Waals surface area contributed by atoms with E-state index in [2.05, 4.69) is 15.1 Å². The number of carbonyl (C=O) groups is 2. The number of pyridine rings is 1. The van der Waals surface area contributed by atoms with Crippen LogP contribution in [0.15, 0.2) is 61.3 Å². The van der Waals surface area contributed by atoms with Crippen LogP contribution >= 0.6 is 0 Å². The summed E-state index contributed by atoms with van der Waals surface area (Å²) >= 11 is 0. The second-order valence-corrected chi connectivity index (χ2v) is 8.15. The molecular formula is C24H28N6O4. The zero-order chi connectivity index (χ0) is 23.9. The van der Waals surface area contributed by atoms with Gasteiger partial charge in [0.2, 0.25) is 11.8 Å². The number of hydrogen-bond donors (Lipinski definition) is 0. The van der Waals surface area contributed by atoms with Crippen LogP contribution in [0.5, 0.6) is 5.75 Å². The predicted molar refractivity (Wildman–Crippen MR) is 123 cm³/mol. The number of rotatable bonds is 8. The summed E-state index contributed by atoms with van der Waals surface area (Å²) in [5.74, 6) is 0.373. The maximum atomic E-state index is 13.2. The molecule has 0 saturated carbocycles. The van der Waals surface area contributed by atoms with E-state index in [1.54, 1.807) is 30.0 Å². The molecule has 3 heterocycles. The smallest absolute Gasteiger partial charge is 0.247 e. The first-order chi connectivity index (χ1) is 16.5. The van der Waals surface area contributed by atoms with Crippen molar-refractivity contribution in [1.29, 1.82) is 0 Å². The molecule has 1 fully saturated rings. The summed E-state index contributed by atoms with van der Waals surface area (Å²) in [7, 11) is 1.62. The highest BCUT2D eigenvalue weighted by Crippen LogP contribution is 2.18. The van der Waals surface area contributed by atoms with Gasteiger partial charge in [-0.25, -0.2) is 9.67 Å². The average molecular weight is 465 g/mol. The van der Waals surface area contributed by atoms with E-state index in [1.165, 1.54) is 17.3 Å². The van der Waals surface area contributed by atoms with Crippen LogP contribution in [-0.4, -0.2) is 74.2 Å². The second kappa shape index (κ2) is 10.9. The average Bonchev–Trinajstić information content (AvgIpc) is 3.36. The number of hydrogen-bond acceptors (Lipinski definition) is 7. The van der Waals surface area contributed by atoms with E-state index in [4.69, 9.17) is 9.47 Å². The Kier molecular flexibility index (Phi) is 7.48. The molecule has 4 rings (SSSR count). The molecule has 1 aliphatic heterocycles. The standard InChI is InChI=1S/C24H28N6O4/c1-18(30-17-25-16-27-30)24(32)29-13-22(34-15-19-6-5-8-21(10-19)33-2)12-28(23(31)14-29)11-20-7-3-4-9-26-20/h3-10,16-18,22H,11-15H2,1-2H3. The fourth-order valence-corrected chi connectivity index (χ4v) is 3.86. The third-order valence-electron chi connectivity index (χ3n) is 5.73. The number of ether oxygens (including phenoxy) is 2. The van der Waals surface area contributed by atoms with Crippen molar-refractivity contribution < 1.29 is 19.1 Å². The number of nitrogens with zero attached hydrogens (tertiary/aromatic N) is 6. The molecule has 2 unspecified atom stereocenters. The normalized spacial score (nSPS) is 17.4. The number of carbonyl (C=O) groups excluding carboxylic acids is 2. The van der Waals surface area contributed by atoms with E-state index in [9.17, 15) is 9.59 Å². The summed E-state index contributed by atoms with van der Waals surface area (Å²) in [5.41, 5.74) is 1.72. The third-order valence-corrected chi connectivity index (χ3v) is 5.73. The van der Waals surface area contributed by atoms with Crippen molar-refractivity contribution in [2.75, 3.05) is 26.7 Å². The van der Waals surface area contributed by atoms with Crippen LogP contribution in [0.1, 0.15) is 24.2 Å².